The number of rotatable bonds is 4. The van der Waals surface area contributed by atoms with Gasteiger partial charge in [0.1, 0.15) is 5.82 Å². The number of hydrogen-bond acceptors (Lipinski definition) is 5. The highest BCUT2D eigenvalue weighted by molar-refractivity contribution is 7.03. The molecule has 0 aliphatic heterocycles. The molecule has 1 amide bonds. The van der Waals surface area contributed by atoms with E-state index in [4.69, 9.17) is 5.73 Å². The van der Waals surface area contributed by atoms with Crippen molar-refractivity contribution in [3.63, 3.8) is 0 Å². The third-order valence-corrected chi connectivity index (χ3v) is 3.92. The zero-order valence-electron chi connectivity index (χ0n) is 12.2. The van der Waals surface area contributed by atoms with Crippen LogP contribution in [0, 0.1) is 0 Å². The summed E-state index contributed by atoms with van der Waals surface area (Å²) in [5.41, 5.74) is 8.54. The number of aromatic nitrogens is 3. The molecule has 7 heteroatoms. The lowest BCUT2D eigenvalue weighted by Gasteiger charge is -2.17. The number of nitrogens with two attached hydrogens (primary N) is 1. The highest BCUT2D eigenvalue weighted by atomic mass is 32.1. The minimum atomic E-state index is -0.454. The zero-order chi connectivity index (χ0) is 15.7. The molecule has 22 heavy (non-hydrogen) atoms. The van der Waals surface area contributed by atoms with Crippen molar-refractivity contribution in [2.24, 2.45) is 5.73 Å². The molecule has 0 saturated heterocycles. The molecule has 112 valence electrons. The van der Waals surface area contributed by atoms with Crippen molar-refractivity contribution in [3.8, 4) is 17.1 Å². The lowest BCUT2D eigenvalue weighted by atomic mass is 10.1. The van der Waals surface area contributed by atoms with E-state index < -0.39 is 5.91 Å². The summed E-state index contributed by atoms with van der Waals surface area (Å²) >= 11 is 1.37. The van der Waals surface area contributed by atoms with E-state index in [2.05, 4.69) is 9.36 Å². The van der Waals surface area contributed by atoms with Gasteiger partial charge in [-0.25, -0.2) is 9.36 Å². The molecule has 2 aromatic heterocycles. The van der Waals surface area contributed by atoms with Crippen LogP contribution >= 0.6 is 11.5 Å². The number of hydrogen-bond donors (Lipinski definition) is 1. The molecule has 0 fully saturated rings. The molecule has 0 radical (unpaired) electrons. The van der Waals surface area contributed by atoms with Gasteiger partial charge in [-0.1, -0.05) is 0 Å². The highest BCUT2D eigenvalue weighted by Gasteiger charge is 2.14. The van der Waals surface area contributed by atoms with Gasteiger partial charge < -0.3 is 10.6 Å². The van der Waals surface area contributed by atoms with E-state index in [1.165, 1.54) is 11.5 Å². The average molecular weight is 313 g/mol. The summed E-state index contributed by atoms with van der Waals surface area (Å²) in [6.07, 6.45) is 5.34. The minimum Gasteiger partial charge on any atom is -0.377 e. The molecule has 3 rings (SSSR count). The van der Waals surface area contributed by atoms with Gasteiger partial charge in [0.25, 0.3) is 5.91 Å². The van der Waals surface area contributed by atoms with Crippen LogP contribution < -0.4 is 10.6 Å². The number of carbonyl (C=O) groups excluding carboxylic acids is 1. The second-order valence-corrected chi connectivity index (χ2v) is 5.65. The molecule has 2 N–H and O–H groups in total. The molecule has 0 saturated carbocycles. The SMILES string of the molecule is CN(C)c1ccc(-n2ccnc2-c2cnsc2)cc1C(N)=O. The first-order chi connectivity index (χ1) is 10.6. The van der Waals surface area contributed by atoms with Gasteiger partial charge in [0.15, 0.2) is 0 Å². The summed E-state index contributed by atoms with van der Waals surface area (Å²) in [5, 5.41) is 1.93. The molecule has 0 unspecified atom stereocenters. The van der Waals surface area contributed by atoms with E-state index >= 15 is 0 Å². The van der Waals surface area contributed by atoms with E-state index in [0.29, 0.717) is 5.56 Å². The smallest absolute Gasteiger partial charge is 0.250 e. The Bertz CT molecular complexity index is 807. The summed E-state index contributed by atoms with van der Waals surface area (Å²) in [4.78, 5) is 18.0. The quantitative estimate of drug-likeness (QED) is 0.800. The summed E-state index contributed by atoms with van der Waals surface area (Å²) in [6.45, 7) is 0. The Kier molecular flexibility index (Phi) is 3.64. The first-order valence-corrected chi connectivity index (χ1v) is 7.46. The molecular formula is C15H15N5OS. The summed E-state index contributed by atoms with van der Waals surface area (Å²) in [5.74, 6) is 0.325. The number of nitrogens with zero attached hydrogens (tertiary/aromatic N) is 4. The third-order valence-electron chi connectivity index (χ3n) is 3.34. The Balaban J connectivity index is 2.13. The maximum atomic E-state index is 11.7. The fraction of sp³-hybridized carbons (Fsp3) is 0.133. The maximum Gasteiger partial charge on any atom is 0.250 e. The van der Waals surface area contributed by atoms with Gasteiger partial charge in [-0.2, -0.15) is 0 Å². The van der Waals surface area contributed by atoms with Crippen LogP contribution in [-0.4, -0.2) is 33.9 Å². The summed E-state index contributed by atoms with van der Waals surface area (Å²) in [7, 11) is 3.75. The van der Waals surface area contributed by atoms with Gasteiger partial charge in [-0.3, -0.25) is 9.36 Å². The van der Waals surface area contributed by atoms with Crippen molar-refractivity contribution in [3.05, 3.63) is 47.7 Å². The van der Waals surface area contributed by atoms with Crippen molar-refractivity contribution in [1.82, 2.24) is 13.9 Å². The predicted molar refractivity (Wildman–Crippen MR) is 87.5 cm³/mol. The maximum absolute atomic E-state index is 11.7. The Morgan fingerprint density at radius 1 is 1.36 bits per heavy atom. The number of imidazole rings is 1. The number of amides is 1. The van der Waals surface area contributed by atoms with Crippen molar-refractivity contribution in [2.45, 2.75) is 0 Å². The van der Waals surface area contributed by atoms with Crippen molar-refractivity contribution >= 4 is 23.1 Å². The van der Waals surface area contributed by atoms with Crippen LogP contribution in [0.4, 0.5) is 5.69 Å². The number of primary amides is 1. The van der Waals surface area contributed by atoms with Gasteiger partial charge in [0.05, 0.1) is 11.8 Å². The molecule has 0 bridgehead atoms. The number of benzene rings is 1. The average Bonchev–Trinajstić information content (AvgIpc) is 3.17. The van der Waals surface area contributed by atoms with Crippen molar-refractivity contribution < 1.29 is 4.79 Å². The van der Waals surface area contributed by atoms with E-state index in [-0.39, 0.29) is 0 Å². The van der Waals surface area contributed by atoms with Crippen LogP contribution in [0.1, 0.15) is 10.4 Å². The van der Waals surface area contributed by atoms with Crippen LogP contribution in [0.25, 0.3) is 17.1 Å². The largest absolute Gasteiger partial charge is 0.377 e. The summed E-state index contributed by atoms with van der Waals surface area (Å²) in [6, 6.07) is 5.60. The Hall–Kier alpha value is -2.67. The molecule has 0 spiro atoms. The van der Waals surface area contributed by atoms with Crippen LogP contribution in [-0.2, 0) is 0 Å². The monoisotopic (exact) mass is 313 g/mol. The molecular weight excluding hydrogens is 298 g/mol. The minimum absolute atomic E-state index is 0.454. The Labute approximate surface area is 132 Å². The van der Waals surface area contributed by atoms with Crippen LogP contribution in [0.3, 0.4) is 0 Å². The molecule has 3 aromatic rings. The van der Waals surface area contributed by atoms with Crippen molar-refractivity contribution in [1.29, 1.82) is 0 Å². The van der Waals surface area contributed by atoms with E-state index in [9.17, 15) is 4.79 Å². The van der Waals surface area contributed by atoms with Gasteiger partial charge in [0.2, 0.25) is 0 Å². The molecule has 0 atom stereocenters. The first kappa shape index (κ1) is 14.3. The predicted octanol–water partition coefficient (Wildman–Crippen LogP) is 2.16. The number of anilines is 1. The van der Waals surface area contributed by atoms with Crippen LogP contribution in [0.5, 0.6) is 0 Å². The fourth-order valence-electron chi connectivity index (χ4n) is 2.30. The molecule has 6 nitrogen and oxygen atoms in total. The molecule has 0 aliphatic carbocycles. The van der Waals surface area contributed by atoms with E-state index in [1.54, 1.807) is 18.5 Å². The lowest BCUT2D eigenvalue weighted by Crippen LogP contribution is -2.19. The van der Waals surface area contributed by atoms with Crippen LogP contribution in [0.2, 0.25) is 0 Å². The fourth-order valence-corrected chi connectivity index (χ4v) is 2.82. The van der Waals surface area contributed by atoms with E-state index in [0.717, 1.165) is 22.8 Å². The van der Waals surface area contributed by atoms with Crippen molar-refractivity contribution in [2.75, 3.05) is 19.0 Å². The van der Waals surface area contributed by atoms with E-state index in [1.807, 2.05) is 47.3 Å². The molecule has 1 aromatic carbocycles. The second-order valence-electron chi connectivity index (χ2n) is 4.99. The molecule has 2 heterocycles. The third kappa shape index (κ3) is 2.46. The lowest BCUT2D eigenvalue weighted by molar-refractivity contribution is 0.100. The standard InChI is InChI=1S/C15H15N5OS/c1-19(2)13-4-3-11(7-12(13)14(16)21)20-6-5-17-15(20)10-8-18-22-9-10/h3-9H,1-2H3,(H2,16,21). The highest BCUT2D eigenvalue weighted by Crippen LogP contribution is 2.26. The summed E-state index contributed by atoms with van der Waals surface area (Å²) < 4.78 is 6.02. The second kappa shape index (κ2) is 5.61. The Morgan fingerprint density at radius 2 is 2.18 bits per heavy atom. The van der Waals surface area contributed by atoms with Gasteiger partial charge in [-0.15, -0.1) is 0 Å². The first-order valence-electron chi connectivity index (χ1n) is 6.62. The molecule has 0 aliphatic rings. The van der Waals surface area contributed by atoms with Gasteiger partial charge in [-0.05, 0) is 29.7 Å². The normalized spacial score (nSPS) is 10.6. The zero-order valence-corrected chi connectivity index (χ0v) is 13.0. The van der Waals surface area contributed by atoms with Crippen LogP contribution in [0.15, 0.2) is 42.2 Å². The Morgan fingerprint density at radius 3 is 2.82 bits per heavy atom. The number of carbonyl (C=O) groups is 1. The van der Waals surface area contributed by atoms with Gasteiger partial charge in [0, 0.05) is 48.8 Å². The topological polar surface area (TPSA) is 77.0 Å². The van der Waals surface area contributed by atoms with Gasteiger partial charge >= 0.3 is 0 Å².